The van der Waals surface area contributed by atoms with Gasteiger partial charge in [0, 0.05) is 10.6 Å². The SMILES string of the molecule is Cc1ccc(-c2nc3ccc(Cl)cc3[nH]2)cc1C. The molecule has 0 atom stereocenters. The molecule has 0 aliphatic rings. The Hall–Kier alpha value is -1.80. The van der Waals surface area contributed by atoms with Crippen LogP contribution < -0.4 is 0 Å². The Balaban J connectivity index is 2.16. The molecule has 0 saturated carbocycles. The molecule has 0 amide bonds. The molecule has 18 heavy (non-hydrogen) atoms. The maximum atomic E-state index is 5.97. The van der Waals surface area contributed by atoms with Crippen LogP contribution >= 0.6 is 11.6 Å². The van der Waals surface area contributed by atoms with Crippen molar-refractivity contribution in [2.75, 3.05) is 0 Å². The van der Waals surface area contributed by atoms with E-state index in [0.29, 0.717) is 0 Å². The predicted octanol–water partition coefficient (Wildman–Crippen LogP) is 4.50. The maximum absolute atomic E-state index is 5.97. The Kier molecular flexibility index (Phi) is 2.60. The third kappa shape index (κ3) is 1.89. The molecule has 1 aromatic heterocycles. The number of hydrogen-bond donors (Lipinski definition) is 1. The number of benzene rings is 2. The van der Waals surface area contributed by atoms with Crippen LogP contribution in [0, 0.1) is 13.8 Å². The van der Waals surface area contributed by atoms with Crippen LogP contribution in [0.15, 0.2) is 36.4 Å². The summed E-state index contributed by atoms with van der Waals surface area (Å²) in [6, 6.07) is 12.0. The van der Waals surface area contributed by atoms with Crippen LogP contribution in [0.2, 0.25) is 5.02 Å². The molecule has 90 valence electrons. The molecule has 2 nitrogen and oxygen atoms in total. The molecule has 3 rings (SSSR count). The first kappa shape index (κ1) is 11.3. The second-order valence-electron chi connectivity index (χ2n) is 4.55. The standard InChI is InChI=1S/C15H13ClN2/c1-9-3-4-11(7-10(9)2)15-17-13-6-5-12(16)8-14(13)18-15/h3-8H,1-2H3,(H,17,18). The number of rotatable bonds is 1. The minimum absolute atomic E-state index is 0.720. The summed E-state index contributed by atoms with van der Waals surface area (Å²) in [5.41, 5.74) is 5.57. The minimum Gasteiger partial charge on any atom is -0.338 e. The summed E-state index contributed by atoms with van der Waals surface area (Å²) in [6.07, 6.45) is 0. The number of aromatic nitrogens is 2. The third-order valence-electron chi connectivity index (χ3n) is 3.22. The zero-order valence-corrected chi connectivity index (χ0v) is 11.0. The molecule has 0 spiro atoms. The maximum Gasteiger partial charge on any atom is 0.138 e. The zero-order valence-electron chi connectivity index (χ0n) is 10.3. The fourth-order valence-electron chi connectivity index (χ4n) is 2.01. The van der Waals surface area contributed by atoms with E-state index in [1.54, 1.807) is 0 Å². The van der Waals surface area contributed by atoms with Gasteiger partial charge in [-0.15, -0.1) is 0 Å². The average Bonchev–Trinajstić information content (AvgIpc) is 2.75. The Morgan fingerprint density at radius 2 is 1.83 bits per heavy atom. The van der Waals surface area contributed by atoms with E-state index >= 15 is 0 Å². The average molecular weight is 257 g/mol. The molecule has 0 saturated heterocycles. The van der Waals surface area contributed by atoms with E-state index in [1.807, 2.05) is 18.2 Å². The van der Waals surface area contributed by atoms with E-state index in [-0.39, 0.29) is 0 Å². The van der Waals surface area contributed by atoms with Crippen LogP contribution in [0.3, 0.4) is 0 Å². The molecule has 0 fully saturated rings. The first-order valence-corrected chi connectivity index (χ1v) is 6.24. The lowest BCUT2D eigenvalue weighted by atomic mass is 10.1. The highest BCUT2D eigenvalue weighted by molar-refractivity contribution is 6.31. The van der Waals surface area contributed by atoms with Crippen LogP contribution in [0.25, 0.3) is 22.4 Å². The van der Waals surface area contributed by atoms with Gasteiger partial charge in [0.15, 0.2) is 0 Å². The van der Waals surface area contributed by atoms with Crippen LogP contribution in [-0.2, 0) is 0 Å². The highest BCUT2D eigenvalue weighted by atomic mass is 35.5. The quantitative estimate of drug-likeness (QED) is 0.682. The van der Waals surface area contributed by atoms with Crippen LogP contribution in [0.5, 0.6) is 0 Å². The number of imidazole rings is 1. The number of nitrogens with zero attached hydrogens (tertiary/aromatic N) is 1. The van der Waals surface area contributed by atoms with Gasteiger partial charge in [0.25, 0.3) is 0 Å². The van der Waals surface area contributed by atoms with Gasteiger partial charge in [-0.1, -0.05) is 23.7 Å². The van der Waals surface area contributed by atoms with Gasteiger partial charge in [0.1, 0.15) is 5.82 Å². The van der Waals surface area contributed by atoms with Crippen molar-refractivity contribution < 1.29 is 0 Å². The fourth-order valence-corrected chi connectivity index (χ4v) is 2.18. The summed E-state index contributed by atoms with van der Waals surface area (Å²) in [4.78, 5) is 7.88. The van der Waals surface area contributed by atoms with Gasteiger partial charge >= 0.3 is 0 Å². The summed E-state index contributed by atoms with van der Waals surface area (Å²) in [5.74, 6) is 0.885. The number of fused-ring (bicyclic) bond motifs is 1. The predicted molar refractivity (Wildman–Crippen MR) is 76.0 cm³/mol. The lowest BCUT2D eigenvalue weighted by Crippen LogP contribution is -1.84. The Morgan fingerprint density at radius 1 is 1.00 bits per heavy atom. The normalized spacial score (nSPS) is 11.1. The van der Waals surface area contributed by atoms with E-state index < -0.39 is 0 Å². The largest absolute Gasteiger partial charge is 0.338 e. The summed E-state index contributed by atoms with van der Waals surface area (Å²) in [7, 11) is 0. The van der Waals surface area contributed by atoms with Gasteiger partial charge in [0.05, 0.1) is 11.0 Å². The summed E-state index contributed by atoms with van der Waals surface area (Å²) < 4.78 is 0. The highest BCUT2D eigenvalue weighted by Gasteiger charge is 2.06. The lowest BCUT2D eigenvalue weighted by molar-refractivity contribution is 1.29. The molecular formula is C15H13ClN2. The summed E-state index contributed by atoms with van der Waals surface area (Å²) in [5, 5.41) is 0.720. The van der Waals surface area contributed by atoms with Crippen molar-refractivity contribution >= 4 is 22.6 Å². The molecule has 0 radical (unpaired) electrons. The molecule has 1 N–H and O–H groups in total. The van der Waals surface area contributed by atoms with Crippen LogP contribution in [0.1, 0.15) is 11.1 Å². The molecule has 1 heterocycles. The fraction of sp³-hybridized carbons (Fsp3) is 0.133. The van der Waals surface area contributed by atoms with Crippen molar-refractivity contribution in [3.05, 3.63) is 52.5 Å². The van der Waals surface area contributed by atoms with Crippen LogP contribution in [-0.4, -0.2) is 9.97 Å². The Bertz CT molecular complexity index is 728. The highest BCUT2D eigenvalue weighted by Crippen LogP contribution is 2.24. The smallest absolute Gasteiger partial charge is 0.138 e. The number of halogens is 1. The van der Waals surface area contributed by atoms with Gasteiger partial charge in [0.2, 0.25) is 0 Å². The first-order chi connectivity index (χ1) is 8.63. The zero-order chi connectivity index (χ0) is 12.7. The van der Waals surface area contributed by atoms with Crippen molar-refractivity contribution in [3.8, 4) is 11.4 Å². The lowest BCUT2D eigenvalue weighted by Gasteiger charge is -2.02. The van der Waals surface area contributed by atoms with Crippen molar-refractivity contribution in [1.82, 2.24) is 9.97 Å². The van der Waals surface area contributed by atoms with Crippen molar-refractivity contribution in [1.29, 1.82) is 0 Å². The van der Waals surface area contributed by atoms with Crippen molar-refractivity contribution in [2.24, 2.45) is 0 Å². The van der Waals surface area contributed by atoms with Gasteiger partial charge in [-0.3, -0.25) is 0 Å². The van der Waals surface area contributed by atoms with E-state index in [4.69, 9.17) is 11.6 Å². The van der Waals surface area contributed by atoms with Gasteiger partial charge < -0.3 is 4.98 Å². The molecule has 3 heteroatoms. The molecule has 2 aromatic carbocycles. The first-order valence-electron chi connectivity index (χ1n) is 5.86. The topological polar surface area (TPSA) is 28.7 Å². The Labute approximate surface area is 111 Å². The third-order valence-corrected chi connectivity index (χ3v) is 3.46. The number of aromatic amines is 1. The second kappa shape index (κ2) is 4.14. The van der Waals surface area contributed by atoms with Crippen molar-refractivity contribution in [2.45, 2.75) is 13.8 Å². The minimum atomic E-state index is 0.720. The number of H-pyrrole nitrogens is 1. The van der Waals surface area contributed by atoms with Gasteiger partial charge in [-0.05, 0) is 49.2 Å². The summed E-state index contributed by atoms with van der Waals surface area (Å²) >= 11 is 5.97. The molecule has 0 aliphatic carbocycles. The monoisotopic (exact) mass is 256 g/mol. The van der Waals surface area contributed by atoms with Gasteiger partial charge in [-0.2, -0.15) is 0 Å². The van der Waals surface area contributed by atoms with E-state index in [9.17, 15) is 0 Å². The molecular weight excluding hydrogens is 244 g/mol. The van der Waals surface area contributed by atoms with Crippen molar-refractivity contribution in [3.63, 3.8) is 0 Å². The van der Waals surface area contributed by atoms with E-state index in [0.717, 1.165) is 27.4 Å². The number of hydrogen-bond acceptors (Lipinski definition) is 1. The molecule has 3 aromatic rings. The van der Waals surface area contributed by atoms with E-state index in [2.05, 4.69) is 42.0 Å². The van der Waals surface area contributed by atoms with Crippen LogP contribution in [0.4, 0.5) is 0 Å². The second-order valence-corrected chi connectivity index (χ2v) is 4.98. The number of nitrogens with one attached hydrogen (secondary N) is 1. The molecule has 0 aliphatic heterocycles. The molecule has 0 bridgehead atoms. The molecule has 0 unspecified atom stereocenters. The number of aryl methyl sites for hydroxylation is 2. The van der Waals surface area contributed by atoms with E-state index in [1.165, 1.54) is 11.1 Å². The van der Waals surface area contributed by atoms with Gasteiger partial charge in [-0.25, -0.2) is 4.98 Å². The summed E-state index contributed by atoms with van der Waals surface area (Å²) in [6.45, 7) is 4.22. The Morgan fingerprint density at radius 3 is 2.61 bits per heavy atom.